The van der Waals surface area contributed by atoms with E-state index in [4.69, 9.17) is 11.0 Å². The summed E-state index contributed by atoms with van der Waals surface area (Å²) < 4.78 is 37.5. The fourth-order valence-corrected chi connectivity index (χ4v) is 1.56. The molecule has 20 heavy (non-hydrogen) atoms. The van der Waals surface area contributed by atoms with E-state index in [2.05, 4.69) is 5.32 Å². The van der Waals surface area contributed by atoms with Gasteiger partial charge in [-0.15, -0.1) is 0 Å². The smallest absolute Gasteiger partial charge is 0.330 e. The Bertz CT molecular complexity index is 535. The molecule has 3 N–H and O–H groups in total. The molecule has 0 aliphatic carbocycles. The lowest BCUT2D eigenvalue weighted by Crippen LogP contribution is -2.23. The van der Waals surface area contributed by atoms with Crippen LogP contribution in [0.1, 0.15) is 24.5 Å². The molecule has 1 amide bonds. The number of halogens is 3. The molecule has 0 bridgehead atoms. The standard InChI is InChI=1S/C13H14F3N3O/c1-8(4-5-17)12(20)19-11-3-2-10(13(14,15)16)6-9(11)7-18/h2-3,6,8H,4-5,17H2,1H3,(H,19,20). The number of hydrogen-bond acceptors (Lipinski definition) is 3. The molecule has 0 aromatic heterocycles. The predicted molar refractivity (Wildman–Crippen MR) is 67.6 cm³/mol. The maximum atomic E-state index is 12.5. The SMILES string of the molecule is CC(CCN)C(=O)Nc1ccc(C(F)(F)F)cc1C#N. The van der Waals surface area contributed by atoms with E-state index in [1.54, 1.807) is 13.0 Å². The van der Waals surface area contributed by atoms with Gasteiger partial charge in [-0.25, -0.2) is 0 Å². The fourth-order valence-electron chi connectivity index (χ4n) is 1.56. The van der Waals surface area contributed by atoms with Gasteiger partial charge in [0.15, 0.2) is 0 Å². The van der Waals surface area contributed by atoms with Crippen molar-refractivity contribution in [3.8, 4) is 6.07 Å². The molecule has 4 nitrogen and oxygen atoms in total. The molecular weight excluding hydrogens is 271 g/mol. The van der Waals surface area contributed by atoms with Crippen LogP contribution < -0.4 is 11.1 Å². The Hall–Kier alpha value is -2.07. The zero-order chi connectivity index (χ0) is 15.3. The largest absolute Gasteiger partial charge is 0.416 e. The van der Waals surface area contributed by atoms with Gasteiger partial charge in [0.25, 0.3) is 0 Å². The molecule has 0 aliphatic rings. The third kappa shape index (κ3) is 3.96. The van der Waals surface area contributed by atoms with Gasteiger partial charge in [0.1, 0.15) is 6.07 Å². The molecule has 1 unspecified atom stereocenters. The zero-order valence-electron chi connectivity index (χ0n) is 10.8. The molecule has 0 saturated carbocycles. The first-order valence-corrected chi connectivity index (χ1v) is 5.92. The van der Waals surface area contributed by atoms with Crippen LogP contribution in [0.15, 0.2) is 18.2 Å². The van der Waals surface area contributed by atoms with Gasteiger partial charge in [0.2, 0.25) is 5.91 Å². The monoisotopic (exact) mass is 285 g/mol. The summed E-state index contributed by atoms with van der Waals surface area (Å²) in [6.07, 6.45) is -4.07. The van der Waals surface area contributed by atoms with Crippen molar-refractivity contribution in [1.82, 2.24) is 0 Å². The molecule has 0 spiro atoms. The third-order valence-electron chi connectivity index (χ3n) is 2.77. The highest BCUT2D eigenvalue weighted by atomic mass is 19.4. The number of nitrogens with zero attached hydrogens (tertiary/aromatic N) is 1. The van der Waals surface area contributed by atoms with Gasteiger partial charge >= 0.3 is 6.18 Å². The average Bonchev–Trinajstić information content (AvgIpc) is 2.38. The van der Waals surface area contributed by atoms with Gasteiger partial charge in [0.05, 0.1) is 16.8 Å². The number of nitrogens with two attached hydrogens (primary N) is 1. The Morgan fingerprint density at radius 3 is 2.65 bits per heavy atom. The van der Waals surface area contributed by atoms with Crippen LogP contribution in [0.2, 0.25) is 0 Å². The predicted octanol–water partition coefficient (Wildman–Crippen LogP) is 2.50. The number of hydrogen-bond donors (Lipinski definition) is 2. The number of nitriles is 1. The Balaban J connectivity index is 2.98. The first kappa shape index (κ1) is 16.0. The van der Waals surface area contributed by atoms with Crippen LogP contribution in [0.4, 0.5) is 18.9 Å². The average molecular weight is 285 g/mol. The zero-order valence-corrected chi connectivity index (χ0v) is 10.8. The second kappa shape index (κ2) is 6.39. The fraction of sp³-hybridized carbons (Fsp3) is 0.385. The van der Waals surface area contributed by atoms with E-state index < -0.39 is 11.7 Å². The molecule has 0 heterocycles. The molecule has 0 aliphatic heterocycles. The van der Waals surface area contributed by atoms with Gasteiger partial charge in [-0.05, 0) is 31.2 Å². The minimum absolute atomic E-state index is 0.0642. The van der Waals surface area contributed by atoms with Crippen LogP contribution >= 0.6 is 0 Å². The summed E-state index contributed by atoms with van der Waals surface area (Å²) in [6.45, 7) is 1.98. The summed E-state index contributed by atoms with van der Waals surface area (Å²) in [5, 5.41) is 11.3. The summed E-state index contributed by atoms with van der Waals surface area (Å²) in [6, 6.07) is 4.26. The second-order valence-electron chi connectivity index (χ2n) is 4.34. The highest BCUT2D eigenvalue weighted by Crippen LogP contribution is 2.31. The van der Waals surface area contributed by atoms with E-state index in [0.29, 0.717) is 19.0 Å². The van der Waals surface area contributed by atoms with Crippen LogP contribution in [-0.2, 0) is 11.0 Å². The van der Waals surface area contributed by atoms with Crippen molar-refractivity contribution in [3.05, 3.63) is 29.3 Å². The molecule has 1 atom stereocenters. The van der Waals surface area contributed by atoms with Crippen LogP contribution in [0.5, 0.6) is 0 Å². The lowest BCUT2D eigenvalue weighted by atomic mass is 10.1. The van der Waals surface area contributed by atoms with Crippen molar-refractivity contribution < 1.29 is 18.0 Å². The van der Waals surface area contributed by atoms with Gasteiger partial charge in [-0.1, -0.05) is 6.92 Å². The maximum absolute atomic E-state index is 12.5. The van der Waals surface area contributed by atoms with Crippen LogP contribution in [0, 0.1) is 17.2 Å². The Morgan fingerprint density at radius 2 is 2.15 bits per heavy atom. The number of carbonyl (C=O) groups is 1. The first-order valence-electron chi connectivity index (χ1n) is 5.92. The Morgan fingerprint density at radius 1 is 1.50 bits per heavy atom. The van der Waals surface area contributed by atoms with Crippen molar-refractivity contribution in [2.45, 2.75) is 19.5 Å². The lowest BCUT2D eigenvalue weighted by Gasteiger charge is -2.13. The van der Waals surface area contributed by atoms with Gasteiger partial charge < -0.3 is 11.1 Å². The van der Waals surface area contributed by atoms with E-state index in [1.165, 1.54) is 0 Å². The summed E-state index contributed by atoms with van der Waals surface area (Å²) in [5.41, 5.74) is 4.23. The van der Waals surface area contributed by atoms with Crippen molar-refractivity contribution in [1.29, 1.82) is 5.26 Å². The molecule has 108 valence electrons. The first-order chi connectivity index (χ1) is 9.29. The molecule has 7 heteroatoms. The molecule has 1 aromatic rings. The highest BCUT2D eigenvalue weighted by Gasteiger charge is 2.31. The number of nitrogens with one attached hydrogen (secondary N) is 1. The topological polar surface area (TPSA) is 78.9 Å². The normalized spacial score (nSPS) is 12.6. The van der Waals surface area contributed by atoms with Crippen molar-refractivity contribution in [2.75, 3.05) is 11.9 Å². The van der Waals surface area contributed by atoms with Gasteiger partial charge in [0, 0.05) is 5.92 Å². The minimum Gasteiger partial charge on any atom is -0.330 e. The molecular formula is C13H14F3N3O. The second-order valence-corrected chi connectivity index (χ2v) is 4.34. The van der Waals surface area contributed by atoms with E-state index in [9.17, 15) is 18.0 Å². The van der Waals surface area contributed by atoms with E-state index >= 15 is 0 Å². The number of carbonyl (C=O) groups excluding carboxylic acids is 1. The number of alkyl halides is 3. The van der Waals surface area contributed by atoms with Gasteiger partial charge in [-0.2, -0.15) is 18.4 Å². The van der Waals surface area contributed by atoms with Crippen LogP contribution in [0.25, 0.3) is 0 Å². The molecule has 0 radical (unpaired) electrons. The number of amides is 1. The lowest BCUT2D eigenvalue weighted by molar-refractivity contribution is -0.137. The van der Waals surface area contributed by atoms with Crippen molar-refractivity contribution in [3.63, 3.8) is 0 Å². The third-order valence-corrected chi connectivity index (χ3v) is 2.77. The highest BCUT2D eigenvalue weighted by molar-refractivity contribution is 5.93. The summed E-state index contributed by atoms with van der Waals surface area (Å²) in [5.74, 6) is -0.763. The van der Waals surface area contributed by atoms with Crippen molar-refractivity contribution >= 4 is 11.6 Å². The summed E-state index contributed by atoms with van der Waals surface area (Å²) in [4.78, 5) is 11.8. The molecule has 1 aromatic carbocycles. The quantitative estimate of drug-likeness (QED) is 0.892. The van der Waals surface area contributed by atoms with Gasteiger partial charge in [-0.3, -0.25) is 4.79 Å². The van der Waals surface area contributed by atoms with Crippen LogP contribution in [-0.4, -0.2) is 12.5 Å². The van der Waals surface area contributed by atoms with Crippen molar-refractivity contribution in [2.24, 2.45) is 11.7 Å². The Labute approximate surface area is 114 Å². The molecule has 0 saturated heterocycles. The van der Waals surface area contributed by atoms with E-state index in [0.717, 1.165) is 12.1 Å². The number of rotatable bonds is 4. The number of benzene rings is 1. The van der Waals surface area contributed by atoms with E-state index in [-0.39, 0.29) is 23.1 Å². The minimum atomic E-state index is -4.53. The summed E-state index contributed by atoms with van der Waals surface area (Å²) >= 11 is 0. The summed E-state index contributed by atoms with van der Waals surface area (Å²) in [7, 11) is 0. The van der Waals surface area contributed by atoms with E-state index in [1.807, 2.05) is 0 Å². The molecule has 1 rings (SSSR count). The molecule has 0 fully saturated rings. The van der Waals surface area contributed by atoms with Crippen LogP contribution in [0.3, 0.4) is 0 Å². The maximum Gasteiger partial charge on any atom is 0.416 e. The number of anilines is 1. The Kier molecular flexibility index (Phi) is 5.11.